The number of pyridine rings is 1. The smallest absolute Gasteiger partial charge is 0.0957 e. The van der Waals surface area contributed by atoms with E-state index in [-0.39, 0.29) is 17.4 Å². The average molecular weight is 996 g/mol. The van der Waals surface area contributed by atoms with E-state index < -0.39 is 0 Å². The number of piperidine rings is 1. The Morgan fingerprint density at radius 3 is 2.54 bits per heavy atom. The van der Waals surface area contributed by atoms with Crippen molar-refractivity contribution in [3.63, 3.8) is 0 Å². The number of terminal acetylenes is 1. The summed E-state index contributed by atoms with van der Waals surface area (Å²) in [6.07, 6.45) is 24.3. The van der Waals surface area contributed by atoms with Crippen molar-refractivity contribution < 1.29 is 0 Å². The molecule has 0 amide bonds. The van der Waals surface area contributed by atoms with E-state index in [4.69, 9.17) is 29.5 Å². The molecule has 5 fully saturated rings. The molecule has 0 spiro atoms. The van der Waals surface area contributed by atoms with Gasteiger partial charge >= 0.3 is 0 Å². The molecule has 5 aliphatic rings. The number of benzene rings is 1. The molecule has 4 unspecified atom stereocenters. The van der Waals surface area contributed by atoms with E-state index in [1.165, 1.54) is 122 Å². The highest BCUT2D eigenvalue weighted by Gasteiger charge is 2.38. The maximum Gasteiger partial charge on any atom is 0.0957 e. The number of thiazole rings is 1. The molecule has 390 valence electrons. The molecule has 1 aromatic carbocycles. The van der Waals surface area contributed by atoms with E-state index in [0.29, 0.717) is 23.9 Å². The van der Waals surface area contributed by atoms with Gasteiger partial charge in [0, 0.05) is 110 Å². The average Bonchev–Trinajstić information content (AvgIpc) is 4.24. The lowest BCUT2D eigenvalue weighted by Gasteiger charge is -2.45. The van der Waals surface area contributed by atoms with Gasteiger partial charge in [-0.15, -0.1) is 23.7 Å². The number of hydrogen-bond acceptors (Lipinski definition) is 10. The van der Waals surface area contributed by atoms with E-state index in [9.17, 15) is 0 Å². The van der Waals surface area contributed by atoms with Crippen molar-refractivity contribution in [3.05, 3.63) is 76.7 Å². The zero-order valence-corrected chi connectivity index (χ0v) is 46.4. The number of fused-ring (bicyclic) bond motifs is 2. The zero-order chi connectivity index (χ0) is 50.5. The zero-order valence-electron chi connectivity index (χ0n) is 45.6. The summed E-state index contributed by atoms with van der Waals surface area (Å²) in [6.45, 7) is 35.6. The summed E-state index contributed by atoms with van der Waals surface area (Å²) in [6, 6.07) is 10.6. The van der Waals surface area contributed by atoms with Crippen LogP contribution in [0.2, 0.25) is 0 Å². The van der Waals surface area contributed by atoms with Gasteiger partial charge in [0.05, 0.1) is 46.1 Å². The number of aromatic nitrogens is 3. The van der Waals surface area contributed by atoms with Gasteiger partial charge in [0.15, 0.2) is 0 Å². The predicted molar refractivity (Wildman–Crippen MR) is 304 cm³/mol. The maximum absolute atomic E-state index is 5.93. The first-order valence-corrected chi connectivity index (χ1v) is 29.3. The van der Waals surface area contributed by atoms with Gasteiger partial charge in [0.25, 0.3) is 0 Å². The van der Waals surface area contributed by atoms with Crippen LogP contribution >= 0.6 is 11.3 Å². The molecule has 10 nitrogen and oxygen atoms in total. The Kier molecular flexibility index (Phi) is 17.2. The summed E-state index contributed by atoms with van der Waals surface area (Å²) < 4.78 is 2.58. The lowest BCUT2D eigenvalue weighted by molar-refractivity contribution is 0.133. The lowest BCUT2D eigenvalue weighted by Crippen LogP contribution is -2.54. The number of aryl methyl sites for hydroxylation is 1. The Morgan fingerprint density at radius 1 is 0.986 bits per heavy atom. The molecule has 11 heteroatoms. The van der Waals surface area contributed by atoms with Crippen LogP contribution in [-0.2, 0) is 19.4 Å². The molecule has 4 atom stereocenters. The summed E-state index contributed by atoms with van der Waals surface area (Å²) in [5.41, 5.74) is 15.8. The second kappa shape index (κ2) is 23.6. The van der Waals surface area contributed by atoms with Crippen LogP contribution in [0.15, 0.2) is 60.4 Å². The first-order chi connectivity index (χ1) is 34.8. The summed E-state index contributed by atoms with van der Waals surface area (Å²) in [5.74, 6) is 4.58. The van der Waals surface area contributed by atoms with Gasteiger partial charge in [0.1, 0.15) is 0 Å². The van der Waals surface area contributed by atoms with Crippen LogP contribution in [0.3, 0.4) is 0 Å². The van der Waals surface area contributed by atoms with Crippen LogP contribution in [0.25, 0.3) is 33.4 Å². The molecule has 2 N–H and O–H groups in total. The standard InChI is InChI=1S/C61H90N10S/c1-11-14-27-61(8,9)37-53-51-34-48(24-25-56(51)70(13-3)60(53)52-35-50(38-62-58(52)43(4)5)68-33-32-67-29-19-17-23-49(67)41-68)55-42-72-57(65-55)36-54(45(7)71-30-20-18-28-63-71)64-44(6)59(47-21-15-16-22-47)69-31-26-46(40-69)39-66(10)12-2/h1,24-25,34-35,38,42-43,46-47,49,54,59,63-64H,6-7,12-23,26-33,36-37,39-41H2,2-5,8-10H3. The molecule has 0 bridgehead atoms. The molecule has 4 aliphatic heterocycles. The number of likely N-dealkylation sites (tertiary alicyclic amines) is 1. The molecule has 0 radical (unpaired) electrons. The molecular formula is C61H90N10S. The van der Waals surface area contributed by atoms with E-state index in [1.807, 2.05) is 0 Å². The van der Waals surface area contributed by atoms with Crippen molar-refractivity contribution in [3.8, 4) is 34.9 Å². The van der Waals surface area contributed by atoms with Gasteiger partial charge in [-0.1, -0.05) is 73.1 Å². The maximum atomic E-state index is 5.93. The molecule has 3 aromatic heterocycles. The normalized spacial score (nSPS) is 21.4. The third-order valence-electron chi connectivity index (χ3n) is 17.5. The number of nitrogens with zero attached hydrogens (tertiary/aromatic N) is 8. The molecule has 4 saturated heterocycles. The Hall–Kier alpha value is -4.18. The van der Waals surface area contributed by atoms with Gasteiger partial charge < -0.3 is 24.7 Å². The Labute approximate surface area is 439 Å². The topological polar surface area (TPSA) is 71.0 Å². The largest absolute Gasteiger partial charge is 0.379 e. The number of rotatable bonds is 21. The van der Waals surface area contributed by atoms with E-state index >= 15 is 0 Å². The van der Waals surface area contributed by atoms with E-state index in [1.54, 1.807) is 11.3 Å². The van der Waals surface area contributed by atoms with Crippen molar-refractivity contribution in [1.29, 1.82) is 0 Å². The highest BCUT2D eigenvalue weighted by atomic mass is 32.1. The number of anilines is 1. The minimum Gasteiger partial charge on any atom is -0.379 e. The fourth-order valence-electron chi connectivity index (χ4n) is 13.4. The van der Waals surface area contributed by atoms with Gasteiger partial charge in [-0.05, 0) is 138 Å². The molecule has 1 aliphatic carbocycles. The second-order valence-corrected chi connectivity index (χ2v) is 24.5. The minimum atomic E-state index is -0.0258. The van der Waals surface area contributed by atoms with Crippen molar-refractivity contribution in [2.45, 2.75) is 162 Å². The van der Waals surface area contributed by atoms with Gasteiger partial charge in [0.2, 0.25) is 0 Å². The quantitative estimate of drug-likeness (QED) is 0.0795. The molecule has 72 heavy (non-hydrogen) atoms. The fraction of sp³-hybridized carbons (Fsp3) is 0.639. The number of hydrogen-bond donors (Lipinski definition) is 2. The van der Waals surface area contributed by atoms with Crippen molar-refractivity contribution in [2.75, 3.05) is 77.4 Å². The van der Waals surface area contributed by atoms with Crippen LogP contribution in [0.4, 0.5) is 5.69 Å². The third kappa shape index (κ3) is 11.8. The summed E-state index contributed by atoms with van der Waals surface area (Å²) in [7, 11) is 2.27. The van der Waals surface area contributed by atoms with Crippen molar-refractivity contribution >= 4 is 27.9 Å². The highest BCUT2D eigenvalue weighted by molar-refractivity contribution is 7.10. The van der Waals surface area contributed by atoms with E-state index in [0.717, 1.165) is 107 Å². The predicted octanol–water partition coefficient (Wildman–Crippen LogP) is 11.6. The first kappa shape index (κ1) is 52.7. The van der Waals surface area contributed by atoms with Crippen LogP contribution in [0.5, 0.6) is 0 Å². The second-order valence-electron chi connectivity index (χ2n) is 23.6. The number of nitrogens with one attached hydrogen (secondary N) is 2. The molecule has 4 aromatic rings. The van der Waals surface area contributed by atoms with Gasteiger partial charge in [-0.2, -0.15) is 0 Å². The SMILES string of the molecule is C#CCCC(C)(C)Cc1c(-c2cc(N3CCN4CCCCC4C3)cnc2C(C)C)n(CC)c2ccc(-c3csc(CC(NC(=C)C(C4CCCC4)N4CCC(CN(C)CC)C4)C(=C)N4CCCCN4)n3)cc12. The first-order valence-electron chi connectivity index (χ1n) is 28.4. The fourth-order valence-corrected chi connectivity index (χ4v) is 14.2. The third-order valence-corrected chi connectivity index (χ3v) is 18.3. The lowest BCUT2D eigenvalue weighted by atomic mass is 9.80. The minimum absolute atomic E-state index is 0.00518. The van der Waals surface area contributed by atoms with Crippen molar-refractivity contribution in [2.24, 2.45) is 17.3 Å². The Bertz CT molecular complexity index is 2520. The van der Waals surface area contributed by atoms with E-state index in [2.05, 4.69) is 130 Å². The van der Waals surface area contributed by atoms with Crippen LogP contribution in [0.1, 0.15) is 141 Å². The molecule has 9 rings (SSSR count). The molecular weight excluding hydrogens is 905 g/mol. The van der Waals surface area contributed by atoms with Crippen LogP contribution < -0.4 is 15.6 Å². The van der Waals surface area contributed by atoms with Crippen molar-refractivity contribution in [1.82, 2.24) is 45.0 Å². The summed E-state index contributed by atoms with van der Waals surface area (Å²) >= 11 is 1.78. The Balaban J connectivity index is 1.05. The van der Waals surface area contributed by atoms with Crippen LogP contribution in [0, 0.1) is 29.6 Å². The molecule has 1 saturated carbocycles. The van der Waals surface area contributed by atoms with Crippen LogP contribution in [-0.4, -0.2) is 125 Å². The Morgan fingerprint density at radius 2 is 1.79 bits per heavy atom. The molecule has 7 heterocycles. The monoisotopic (exact) mass is 995 g/mol. The number of hydrazine groups is 1. The summed E-state index contributed by atoms with van der Waals surface area (Å²) in [4.78, 5) is 21.5. The van der Waals surface area contributed by atoms with Gasteiger partial charge in [-0.3, -0.25) is 14.8 Å². The summed E-state index contributed by atoms with van der Waals surface area (Å²) in [5, 5.41) is 11.1. The number of piperazine rings is 1. The highest BCUT2D eigenvalue weighted by Crippen LogP contribution is 2.44. The van der Waals surface area contributed by atoms with Gasteiger partial charge in [-0.25, -0.2) is 10.4 Å².